The van der Waals surface area contributed by atoms with Crippen molar-refractivity contribution in [1.82, 2.24) is 19.8 Å². The van der Waals surface area contributed by atoms with Crippen molar-refractivity contribution in [2.75, 3.05) is 13.1 Å². The normalized spacial score (nSPS) is 14.1. The smallest absolute Gasteiger partial charge is 0.405 e. The summed E-state index contributed by atoms with van der Waals surface area (Å²) in [5.41, 5.74) is 3.71. The molecule has 6 nitrogen and oxygen atoms in total. The molecular formula is C28H22BrCl2F3N4O2. The monoisotopic (exact) mass is 652 g/mol. The maximum absolute atomic E-state index is 13.5. The predicted molar refractivity (Wildman–Crippen MR) is 153 cm³/mol. The van der Waals surface area contributed by atoms with Crippen molar-refractivity contribution in [2.45, 2.75) is 25.9 Å². The highest BCUT2D eigenvalue weighted by Crippen LogP contribution is 2.39. The Hall–Kier alpha value is -3.05. The SMILES string of the molecule is O=C(NCc1ccnc(Cl)c1)n1c2c(c3cc(Br)c(OC(F)(F)F)cc31)CN(CC=Cc1ccc(Cl)cc1)CC2. The lowest BCUT2D eigenvalue weighted by atomic mass is 10.0. The predicted octanol–water partition coefficient (Wildman–Crippen LogP) is 7.83. The van der Waals surface area contributed by atoms with Crippen LogP contribution in [0.25, 0.3) is 17.0 Å². The highest BCUT2D eigenvalue weighted by Gasteiger charge is 2.33. The maximum Gasteiger partial charge on any atom is 0.573 e. The molecule has 1 aliphatic heterocycles. The molecule has 0 saturated carbocycles. The van der Waals surface area contributed by atoms with Gasteiger partial charge in [0.1, 0.15) is 10.9 Å². The van der Waals surface area contributed by atoms with Crippen molar-refractivity contribution in [3.05, 3.63) is 97.8 Å². The first-order chi connectivity index (χ1) is 19.1. The van der Waals surface area contributed by atoms with Crippen molar-refractivity contribution in [3.8, 4) is 5.75 Å². The van der Waals surface area contributed by atoms with Crippen molar-refractivity contribution >= 4 is 62.1 Å². The van der Waals surface area contributed by atoms with Gasteiger partial charge in [-0.1, -0.05) is 47.5 Å². The van der Waals surface area contributed by atoms with Crippen LogP contribution in [-0.4, -0.2) is 39.9 Å². The number of alkyl halides is 3. The van der Waals surface area contributed by atoms with Crippen LogP contribution in [-0.2, 0) is 19.5 Å². The van der Waals surface area contributed by atoms with Crippen LogP contribution in [0, 0.1) is 0 Å². The van der Waals surface area contributed by atoms with Gasteiger partial charge in [0, 0.05) is 61.0 Å². The molecule has 5 rings (SSSR count). The van der Waals surface area contributed by atoms with E-state index in [0.717, 1.165) is 22.4 Å². The molecular weight excluding hydrogens is 632 g/mol. The molecule has 0 atom stereocenters. The number of nitrogens with zero attached hydrogens (tertiary/aromatic N) is 3. The number of fused-ring (bicyclic) bond motifs is 3. The van der Waals surface area contributed by atoms with Gasteiger partial charge in [0.2, 0.25) is 0 Å². The largest absolute Gasteiger partial charge is 0.573 e. The van der Waals surface area contributed by atoms with Crippen LogP contribution in [0.15, 0.2) is 65.3 Å². The van der Waals surface area contributed by atoms with Gasteiger partial charge in [-0.2, -0.15) is 0 Å². The minimum Gasteiger partial charge on any atom is -0.405 e. The fraction of sp³-hybridized carbons (Fsp3) is 0.214. The molecule has 1 N–H and O–H groups in total. The third-order valence-corrected chi connectivity index (χ3v) is 7.57. The zero-order valence-electron chi connectivity index (χ0n) is 20.8. The molecule has 12 heteroatoms. The summed E-state index contributed by atoms with van der Waals surface area (Å²) in [5.74, 6) is -0.424. The highest BCUT2D eigenvalue weighted by atomic mass is 79.9. The molecule has 0 aliphatic carbocycles. The zero-order valence-corrected chi connectivity index (χ0v) is 23.9. The summed E-state index contributed by atoms with van der Waals surface area (Å²) in [6, 6.07) is 13.2. The molecule has 208 valence electrons. The average molecular weight is 654 g/mol. The number of aromatic nitrogens is 2. The molecule has 4 aromatic rings. The van der Waals surface area contributed by atoms with Gasteiger partial charge >= 0.3 is 12.4 Å². The molecule has 2 aromatic carbocycles. The average Bonchev–Trinajstić information content (AvgIpc) is 3.20. The number of hydrogen-bond donors (Lipinski definition) is 1. The van der Waals surface area contributed by atoms with E-state index in [0.29, 0.717) is 47.1 Å². The van der Waals surface area contributed by atoms with E-state index < -0.39 is 18.1 Å². The summed E-state index contributed by atoms with van der Waals surface area (Å²) in [6.45, 7) is 2.00. The van der Waals surface area contributed by atoms with Gasteiger partial charge in [0.15, 0.2) is 0 Å². The molecule has 3 heterocycles. The first-order valence-corrected chi connectivity index (χ1v) is 13.8. The quantitative estimate of drug-likeness (QED) is 0.216. The lowest BCUT2D eigenvalue weighted by molar-refractivity contribution is -0.274. The number of hydrogen-bond acceptors (Lipinski definition) is 4. The van der Waals surface area contributed by atoms with Crippen molar-refractivity contribution in [2.24, 2.45) is 0 Å². The number of rotatable bonds is 6. The number of carbonyl (C=O) groups excluding carboxylic acids is 1. The zero-order chi connectivity index (χ0) is 28.4. The Morgan fingerprint density at radius 1 is 1.15 bits per heavy atom. The van der Waals surface area contributed by atoms with E-state index in [1.165, 1.54) is 16.8 Å². The fourth-order valence-corrected chi connectivity index (χ4v) is 5.47. The number of carbonyl (C=O) groups is 1. The van der Waals surface area contributed by atoms with E-state index in [1.54, 1.807) is 18.2 Å². The van der Waals surface area contributed by atoms with Gasteiger partial charge in [-0.05, 0) is 63.0 Å². The molecule has 0 spiro atoms. The van der Waals surface area contributed by atoms with Crippen LogP contribution in [0.1, 0.15) is 22.4 Å². The summed E-state index contributed by atoms with van der Waals surface area (Å²) in [6.07, 6.45) is 1.23. The molecule has 2 aromatic heterocycles. The molecule has 0 fully saturated rings. The number of benzene rings is 2. The Kier molecular flexibility index (Phi) is 8.42. The molecule has 0 saturated heterocycles. The van der Waals surface area contributed by atoms with E-state index >= 15 is 0 Å². The third kappa shape index (κ3) is 6.63. The number of amides is 1. The van der Waals surface area contributed by atoms with Crippen LogP contribution in [0.2, 0.25) is 10.2 Å². The van der Waals surface area contributed by atoms with Gasteiger partial charge in [0.05, 0.1) is 9.99 Å². The van der Waals surface area contributed by atoms with Gasteiger partial charge in [-0.25, -0.2) is 9.78 Å². The molecule has 1 amide bonds. The summed E-state index contributed by atoms with van der Waals surface area (Å²) in [7, 11) is 0. The summed E-state index contributed by atoms with van der Waals surface area (Å²) in [4.78, 5) is 19.6. The summed E-state index contributed by atoms with van der Waals surface area (Å²) >= 11 is 15.1. The number of pyridine rings is 1. The second kappa shape index (κ2) is 11.8. The van der Waals surface area contributed by atoms with Gasteiger partial charge in [-0.3, -0.25) is 9.47 Å². The van der Waals surface area contributed by atoms with Gasteiger partial charge in [0.25, 0.3) is 0 Å². The maximum atomic E-state index is 13.5. The Morgan fingerprint density at radius 2 is 1.93 bits per heavy atom. The minimum absolute atomic E-state index is 0.142. The summed E-state index contributed by atoms with van der Waals surface area (Å²) in [5, 5.41) is 4.48. The summed E-state index contributed by atoms with van der Waals surface area (Å²) < 4.78 is 45.1. The van der Waals surface area contributed by atoms with Crippen LogP contribution in [0.3, 0.4) is 0 Å². The molecule has 0 bridgehead atoms. The van der Waals surface area contributed by atoms with Gasteiger partial charge in [-0.15, -0.1) is 13.2 Å². The molecule has 0 unspecified atom stereocenters. The molecule has 40 heavy (non-hydrogen) atoms. The Morgan fingerprint density at radius 3 is 2.65 bits per heavy atom. The van der Waals surface area contributed by atoms with Gasteiger partial charge < -0.3 is 10.1 Å². The Balaban J connectivity index is 1.45. The van der Waals surface area contributed by atoms with Crippen LogP contribution in [0.4, 0.5) is 18.0 Å². The van der Waals surface area contributed by atoms with Crippen molar-refractivity contribution < 1.29 is 22.7 Å². The van der Waals surface area contributed by atoms with Crippen molar-refractivity contribution in [1.29, 1.82) is 0 Å². The molecule has 1 aliphatic rings. The second-order valence-electron chi connectivity index (χ2n) is 9.19. The first kappa shape index (κ1) is 28.5. The molecule has 0 radical (unpaired) electrons. The second-order valence-corrected chi connectivity index (χ2v) is 10.9. The lowest BCUT2D eigenvalue weighted by Crippen LogP contribution is -2.34. The van der Waals surface area contributed by atoms with E-state index in [1.807, 2.05) is 36.4 Å². The standard InChI is InChI=1S/C28H22BrCl2F3N4O2/c29-22-13-20-21-16-37(10-1-2-17-3-5-19(30)6-4-17)11-8-23(21)38(24(20)14-25(22)40-28(32,33)34)27(39)36-15-18-7-9-35-26(31)12-18/h1-7,9,12-14H,8,10-11,15-16H2,(H,36,39). The van der Waals surface area contributed by atoms with Crippen molar-refractivity contribution in [3.63, 3.8) is 0 Å². The van der Waals surface area contributed by atoms with E-state index in [2.05, 4.69) is 35.9 Å². The fourth-order valence-electron chi connectivity index (χ4n) is 4.72. The van der Waals surface area contributed by atoms with Crippen LogP contribution in [0.5, 0.6) is 5.75 Å². The minimum atomic E-state index is -4.89. The van der Waals surface area contributed by atoms with E-state index in [9.17, 15) is 18.0 Å². The highest BCUT2D eigenvalue weighted by molar-refractivity contribution is 9.10. The van der Waals surface area contributed by atoms with E-state index in [4.69, 9.17) is 23.2 Å². The van der Waals surface area contributed by atoms with Crippen LogP contribution >= 0.6 is 39.1 Å². The Labute approximate surface area is 246 Å². The number of ether oxygens (including phenoxy) is 1. The Bertz CT molecular complexity index is 1590. The third-order valence-electron chi connectivity index (χ3n) is 6.49. The number of halogens is 6. The van der Waals surface area contributed by atoms with E-state index in [-0.39, 0.29) is 11.0 Å². The number of nitrogens with one attached hydrogen (secondary N) is 1. The van der Waals surface area contributed by atoms with Crippen LogP contribution < -0.4 is 10.1 Å². The topological polar surface area (TPSA) is 59.4 Å². The first-order valence-electron chi connectivity index (χ1n) is 12.2. The lowest BCUT2D eigenvalue weighted by Gasteiger charge is -2.27.